The molecule has 1 aliphatic heterocycles. The number of hydrogen-bond donors (Lipinski definition) is 1. The second-order valence-corrected chi connectivity index (χ2v) is 6.31. The van der Waals surface area contributed by atoms with E-state index in [4.69, 9.17) is 9.47 Å². The van der Waals surface area contributed by atoms with E-state index >= 15 is 0 Å². The first-order valence-corrected chi connectivity index (χ1v) is 8.64. The van der Waals surface area contributed by atoms with Gasteiger partial charge in [-0.2, -0.15) is 0 Å². The van der Waals surface area contributed by atoms with Crippen LogP contribution < -0.4 is 14.8 Å². The van der Waals surface area contributed by atoms with Crippen molar-refractivity contribution in [1.82, 2.24) is 4.90 Å². The number of benzene rings is 2. The van der Waals surface area contributed by atoms with Gasteiger partial charge >= 0.3 is 0 Å². The molecule has 1 saturated heterocycles. The third kappa shape index (κ3) is 4.07. The van der Waals surface area contributed by atoms with Crippen LogP contribution in [-0.2, 0) is 0 Å². The molecule has 3 rings (SSSR count). The summed E-state index contributed by atoms with van der Waals surface area (Å²) in [4.78, 5) is 14.8. The summed E-state index contributed by atoms with van der Waals surface area (Å²) in [5.41, 5.74) is 1.38. The van der Waals surface area contributed by atoms with Crippen molar-refractivity contribution in [1.29, 1.82) is 0 Å². The van der Waals surface area contributed by atoms with E-state index in [9.17, 15) is 9.18 Å². The zero-order valence-electron chi connectivity index (χ0n) is 15.0. The Morgan fingerprint density at radius 1 is 1.15 bits per heavy atom. The fourth-order valence-corrected chi connectivity index (χ4v) is 3.21. The maximum Gasteiger partial charge on any atom is 0.257 e. The minimum absolute atomic E-state index is 0.0601. The molecule has 0 spiro atoms. The van der Waals surface area contributed by atoms with E-state index < -0.39 is 0 Å². The molecule has 1 amide bonds. The van der Waals surface area contributed by atoms with Crippen LogP contribution in [0.2, 0.25) is 0 Å². The minimum atomic E-state index is -0.261. The summed E-state index contributed by atoms with van der Waals surface area (Å²) in [6.45, 7) is 1.29. The van der Waals surface area contributed by atoms with Crippen LogP contribution in [0.4, 0.5) is 10.1 Å². The molecule has 5 nitrogen and oxygen atoms in total. The summed E-state index contributed by atoms with van der Waals surface area (Å²) in [5.74, 6) is 0.827. The largest absolute Gasteiger partial charge is 0.497 e. The minimum Gasteiger partial charge on any atom is -0.497 e. The van der Waals surface area contributed by atoms with Crippen molar-refractivity contribution in [3.63, 3.8) is 0 Å². The lowest BCUT2D eigenvalue weighted by Gasteiger charge is -2.34. The van der Waals surface area contributed by atoms with Crippen LogP contribution in [0.15, 0.2) is 42.5 Å². The molecular formula is C20H23FN2O3. The van der Waals surface area contributed by atoms with Crippen LogP contribution in [0.3, 0.4) is 0 Å². The number of amides is 1. The van der Waals surface area contributed by atoms with Crippen LogP contribution in [0.25, 0.3) is 0 Å². The van der Waals surface area contributed by atoms with Gasteiger partial charge in [-0.3, -0.25) is 4.79 Å². The molecule has 0 radical (unpaired) electrons. The summed E-state index contributed by atoms with van der Waals surface area (Å²) < 4.78 is 23.6. The smallest absolute Gasteiger partial charge is 0.257 e. The predicted octanol–water partition coefficient (Wildman–Crippen LogP) is 3.56. The standard InChI is InChI=1S/C20H23FN2O3/c1-25-17-9-10-18(19(12-17)26-2)20(24)23-11-3-4-16(13-23)22-15-7-5-14(21)6-8-15/h5-10,12,16,22H,3-4,11,13H2,1-2H3/t16-/m0/s1. The van der Waals surface area contributed by atoms with Gasteiger partial charge < -0.3 is 19.7 Å². The number of rotatable bonds is 5. The SMILES string of the molecule is COc1ccc(C(=O)N2CCC[C@H](Nc3ccc(F)cc3)C2)c(OC)c1. The molecule has 2 aromatic carbocycles. The summed E-state index contributed by atoms with van der Waals surface area (Å²) >= 11 is 0. The van der Waals surface area contributed by atoms with Crippen molar-refractivity contribution in [3.8, 4) is 11.5 Å². The highest BCUT2D eigenvalue weighted by Crippen LogP contribution is 2.27. The van der Waals surface area contributed by atoms with Gasteiger partial charge in [-0.1, -0.05) is 0 Å². The summed E-state index contributed by atoms with van der Waals surface area (Å²) in [5, 5.41) is 3.38. The van der Waals surface area contributed by atoms with Gasteiger partial charge in [0, 0.05) is 30.9 Å². The number of halogens is 1. The molecule has 0 aliphatic carbocycles. The van der Waals surface area contributed by atoms with E-state index in [1.54, 1.807) is 44.6 Å². The molecule has 1 aliphatic rings. The quantitative estimate of drug-likeness (QED) is 0.888. The molecule has 1 atom stereocenters. The highest BCUT2D eigenvalue weighted by atomic mass is 19.1. The van der Waals surface area contributed by atoms with E-state index in [1.165, 1.54) is 12.1 Å². The Morgan fingerprint density at radius 3 is 2.62 bits per heavy atom. The number of anilines is 1. The lowest BCUT2D eigenvalue weighted by molar-refractivity contribution is 0.0711. The highest BCUT2D eigenvalue weighted by molar-refractivity contribution is 5.97. The fraction of sp³-hybridized carbons (Fsp3) is 0.350. The van der Waals surface area contributed by atoms with Gasteiger partial charge in [0.2, 0.25) is 0 Å². The van der Waals surface area contributed by atoms with Gasteiger partial charge in [-0.25, -0.2) is 4.39 Å². The number of nitrogens with one attached hydrogen (secondary N) is 1. The van der Waals surface area contributed by atoms with Crippen molar-refractivity contribution >= 4 is 11.6 Å². The van der Waals surface area contributed by atoms with Crippen molar-refractivity contribution in [3.05, 3.63) is 53.8 Å². The number of nitrogens with zero attached hydrogens (tertiary/aromatic N) is 1. The number of ether oxygens (including phenoxy) is 2. The number of hydrogen-bond acceptors (Lipinski definition) is 4. The van der Waals surface area contributed by atoms with Crippen molar-refractivity contribution in [2.45, 2.75) is 18.9 Å². The van der Waals surface area contributed by atoms with Crippen LogP contribution in [0.5, 0.6) is 11.5 Å². The Balaban J connectivity index is 1.70. The van der Waals surface area contributed by atoms with E-state index in [0.717, 1.165) is 18.5 Å². The maximum atomic E-state index is 13.0. The Bertz CT molecular complexity index is 764. The number of methoxy groups -OCH3 is 2. The average molecular weight is 358 g/mol. The highest BCUT2D eigenvalue weighted by Gasteiger charge is 2.26. The lowest BCUT2D eigenvalue weighted by Crippen LogP contribution is -2.45. The second-order valence-electron chi connectivity index (χ2n) is 6.31. The normalized spacial score (nSPS) is 16.9. The first-order valence-electron chi connectivity index (χ1n) is 8.64. The van der Waals surface area contributed by atoms with Crippen molar-refractivity contribution in [2.24, 2.45) is 0 Å². The molecule has 2 aromatic rings. The third-order valence-corrected chi connectivity index (χ3v) is 4.56. The Morgan fingerprint density at radius 2 is 1.92 bits per heavy atom. The second kappa shape index (κ2) is 8.08. The van der Waals surface area contributed by atoms with Gasteiger partial charge in [0.25, 0.3) is 5.91 Å². The Kier molecular flexibility index (Phi) is 5.61. The van der Waals surface area contributed by atoms with Gasteiger partial charge in [0.15, 0.2) is 0 Å². The lowest BCUT2D eigenvalue weighted by atomic mass is 10.0. The Hall–Kier alpha value is -2.76. The first-order chi connectivity index (χ1) is 12.6. The van der Waals surface area contributed by atoms with E-state index in [-0.39, 0.29) is 17.8 Å². The average Bonchev–Trinajstić information content (AvgIpc) is 2.69. The van der Waals surface area contributed by atoms with E-state index in [1.807, 2.05) is 4.90 Å². The van der Waals surface area contributed by atoms with Crippen molar-refractivity contribution in [2.75, 3.05) is 32.6 Å². The van der Waals surface area contributed by atoms with E-state index in [2.05, 4.69) is 5.32 Å². The zero-order valence-corrected chi connectivity index (χ0v) is 15.0. The third-order valence-electron chi connectivity index (χ3n) is 4.56. The molecule has 0 aromatic heterocycles. The van der Waals surface area contributed by atoms with Gasteiger partial charge in [-0.15, -0.1) is 0 Å². The monoisotopic (exact) mass is 358 g/mol. The summed E-state index contributed by atoms with van der Waals surface area (Å²) in [6.07, 6.45) is 1.87. The molecule has 1 fully saturated rings. The van der Waals surface area contributed by atoms with Crippen LogP contribution in [-0.4, -0.2) is 44.2 Å². The van der Waals surface area contributed by atoms with Crippen LogP contribution in [0, 0.1) is 5.82 Å². The predicted molar refractivity (Wildman–Crippen MR) is 98.5 cm³/mol. The molecule has 138 valence electrons. The van der Waals surface area contributed by atoms with Gasteiger partial charge in [-0.05, 0) is 49.2 Å². The molecule has 26 heavy (non-hydrogen) atoms. The topological polar surface area (TPSA) is 50.8 Å². The molecule has 6 heteroatoms. The first kappa shape index (κ1) is 18.0. The molecule has 1 N–H and O–H groups in total. The number of carbonyl (C=O) groups excluding carboxylic acids is 1. The summed E-state index contributed by atoms with van der Waals surface area (Å²) in [6, 6.07) is 11.6. The van der Waals surface area contributed by atoms with Crippen molar-refractivity contribution < 1.29 is 18.7 Å². The molecule has 1 heterocycles. The number of carbonyl (C=O) groups is 1. The summed E-state index contributed by atoms with van der Waals surface area (Å²) in [7, 11) is 3.12. The molecule has 0 unspecified atom stereocenters. The molecule has 0 bridgehead atoms. The fourth-order valence-electron chi connectivity index (χ4n) is 3.21. The van der Waals surface area contributed by atoms with Gasteiger partial charge in [0.1, 0.15) is 17.3 Å². The van der Waals surface area contributed by atoms with E-state index in [0.29, 0.717) is 30.2 Å². The zero-order chi connectivity index (χ0) is 18.5. The number of likely N-dealkylation sites (tertiary alicyclic amines) is 1. The van der Waals surface area contributed by atoms with Crippen LogP contribution in [0.1, 0.15) is 23.2 Å². The van der Waals surface area contributed by atoms with Crippen LogP contribution >= 0.6 is 0 Å². The Labute approximate surface area is 152 Å². The molecule has 0 saturated carbocycles. The van der Waals surface area contributed by atoms with Gasteiger partial charge in [0.05, 0.1) is 19.8 Å². The number of piperidine rings is 1. The molecular weight excluding hydrogens is 335 g/mol. The maximum absolute atomic E-state index is 13.0.